The number of aromatic nitrogens is 2. The maximum Gasteiger partial charge on any atom is 0.191 e. The molecule has 2 N–H and O–H groups in total. The van der Waals surface area contributed by atoms with Gasteiger partial charge in [0.15, 0.2) is 5.96 Å². The first-order valence-corrected chi connectivity index (χ1v) is 9.73. The van der Waals surface area contributed by atoms with Crippen molar-refractivity contribution in [1.29, 1.82) is 0 Å². The summed E-state index contributed by atoms with van der Waals surface area (Å²) in [5.74, 6) is 1.35. The molecule has 0 aliphatic heterocycles. The average Bonchev–Trinajstić information content (AvgIpc) is 2.71. The number of nitrogens with one attached hydrogen (secondary N) is 2. The molecule has 0 spiro atoms. The Balaban J connectivity index is 0.00000576. The van der Waals surface area contributed by atoms with Crippen molar-refractivity contribution >= 4 is 40.7 Å². The van der Waals surface area contributed by atoms with E-state index in [0.717, 1.165) is 18.1 Å². The molecule has 1 heterocycles. The van der Waals surface area contributed by atoms with Crippen molar-refractivity contribution in [3.05, 3.63) is 17.0 Å². The minimum atomic E-state index is -0.860. The van der Waals surface area contributed by atoms with Crippen LogP contribution in [-0.4, -0.2) is 50.1 Å². The number of aryl methyl sites for hydroxylation is 2. The van der Waals surface area contributed by atoms with E-state index in [-0.39, 0.29) is 34.8 Å². The third-order valence-electron chi connectivity index (χ3n) is 4.04. The van der Waals surface area contributed by atoms with Crippen molar-refractivity contribution in [2.45, 2.75) is 58.8 Å². The number of nitrogens with zero attached hydrogens (tertiary/aromatic N) is 3. The van der Waals surface area contributed by atoms with Gasteiger partial charge in [-0.3, -0.25) is 13.9 Å². The molecule has 0 saturated heterocycles. The maximum absolute atomic E-state index is 12.1. The second-order valence-corrected chi connectivity index (χ2v) is 9.51. The van der Waals surface area contributed by atoms with Gasteiger partial charge in [0.2, 0.25) is 0 Å². The zero-order valence-corrected chi connectivity index (χ0v) is 19.9. The molecule has 0 amide bonds. The van der Waals surface area contributed by atoms with Gasteiger partial charge in [0, 0.05) is 53.7 Å². The van der Waals surface area contributed by atoms with E-state index in [4.69, 9.17) is 0 Å². The first-order chi connectivity index (χ1) is 11.1. The Kier molecular flexibility index (Phi) is 10.2. The van der Waals surface area contributed by atoms with E-state index in [9.17, 15) is 4.21 Å². The van der Waals surface area contributed by atoms with Crippen LogP contribution in [0.3, 0.4) is 0 Å². The predicted molar refractivity (Wildman–Crippen MR) is 119 cm³/mol. The zero-order chi connectivity index (χ0) is 18.5. The van der Waals surface area contributed by atoms with Crippen molar-refractivity contribution < 1.29 is 4.21 Å². The van der Waals surface area contributed by atoms with Gasteiger partial charge in [-0.1, -0.05) is 0 Å². The molecular weight excluding hydrogens is 449 g/mol. The molecule has 8 heteroatoms. The van der Waals surface area contributed by atoms with Crippen molar-refractivity contribution in [3.8, 4) is 0 Å². The molecule has 6 nitrogen and oxygen atoms in total. The SMILES string of the molecule is CN=C(NCCS(=O)C(C)(C)C)NC(C)Cc1c(C)nn(C)c1C.I. The fourth-order valence-corrected chi connectivity index (χ4v) is 3.37. The van der Waals surface area contributed by atoms with Crippen LogP contribution >= 0.6 is 24.0 Å². The number of hydrogen-bond donors (Lipinski definition) is 2. The highest BCUT2D eigenvalue weighted by Gasteiger charge is 2.19. The van der Waals surface area contributed by atoms with E-state index in [1.54, 1.807) is 7.05 Å². The molecule has 25 heavy (non-hydrogen) atoms. The Bertz CT molecular complexity index is 607. The van der Waals surface area contributed by atoms with Crippen LogP contribution < -0.4 is 10.6 Å². The maximum atomic E-state index is 12.1. The molecule has 2 unspecified atom stereocenters. The summed E-state index contributed by atoms with van der Waals surface area (Å²) in [6, 6.07) is 0.228. The fourth-order valence-electron chi connectivity index (χ4n) is 2.47. The third kappa shape index (κ3) is 7.64. The van der Waals surface area contributed by atoms with Gasteiger partial charge in [0.05, 0.1) is 5.69 Å². The molecule has 1 aromatic heterocycles. The van der Waals surface area contributed by atoms with E-state index in [1.165, 1.54) is 11.3 Å². The first-order valence-electron chi connectivity index (χ1n) is 8.41. The van der Waals surface area contributed by atoms with Crippen LogP contribution in [0.15, 0.2) is 4.99 Å². The number of hydrogen-bond acceptors (Lipinski definition) is 3. The molecule has 1 aromatic rings. The first kappa shape index (κ1) is 24.4. The normalized spacial score (nSPS) is 14.6. The molecule has 0 fully saturated rings. The van der Waals surface area contributed by atoms with Crippen molar-refractivity contribution in [2.75, 3.05) is 19.3 Å². The highest BCUT2D eigenvalue weighted by molar-refractivity contribution is 14.0. The topological polar surface area (TPSA) is 71.3 Å². The minimum absolute atomic E-state index is 0. The zero-order valence-electron chi connectivity index (χ0n) is 16.8. The summed E-state index contributed by atoms with van der Waals surface area (Å²) in [6.45, 7) is 12.9. The van der Waals surface area contributed by atoms with Crippen molar-refractivity contribution in [3.63, 3.8) is 0 Å². The molecule has 146 valence electrons. The van der Waals surface area contributed by atoms with Crippen LogP contribution in [0.2, 0.25) is 0 Å². The molecule has 0 aromatic carbocycles. The van der Waals surface area contributed by atoms with E-state index in [1.807, 2.05) is 39.4 Å². The Morgan fingerprint density at radius 1 is 1.36 bits per heavy atom. The molecule has 0 bridgehead atoms. The highest BCUT2D eigenvalue weighted by atomic mass is 127. The number of halogens is 1. The van der Waals surface area contributed by atoms with Gasteiger partial charge in [-0.15, -0.1) is 24.0 Å². The Labute approximate surface area is 172 Å². The van der Waals surface area contributed by atoms with Crippen LogP contribution in [-0.2, 0) is 24.3 Å². The lowest BCUT2D eigenvalue weighted by Crippen LogP contribution is -2.44. The number of aliphatic imine (C=N–C) groups is 1. The Hall–Kier alpha value is -0.640. The molecule has 0 aliphatic rings. The van der Waals surface area contributed by atoms with Gasteiger partial charge >= 0.3 is 0 Å². The van der Waals surface area contributed by atoms with Gasteiger partial charge in [-0.25, -0.2) is 0 Å². The summed E-state index contributed by atoms with van der Waals surface area (Å²) in [7, 11) is 2.87. The summed E-state index contributed by atoms with van der Waals surface area (Å²) in [5, 5.41) is 11.1. The van der Waals surface area contributed by atoms with E-state index in [0.29, 0.717) is 12.3 Å². The second-order valence-electron chi connectivity index (χ2n) is 7.18. The lowest BCUT2D eigenvalue weighted by Gasteiger charge is -2.20. The summed E-state index contributed by atoms with van der Waals surface area (Å²) < 4.78 is 13.8. The van der Waals surface area contributed by atoms with Gasteiger partial charge in [-0.2, -0.15) is 5.10 Å². The average molecular weight is 483 g/mol. The van der Waals surface area contributed by atoms with Crippen LogP contribution in [0, 0.1) is 13.8 Å². The lowest BCUT2D eigenvalue weighted by atomic mass is 10.1. The number of guanidine groups is 1. The van der Waals surface area contributed by atoms with Gasteiger partial charge in [0.25, 0.3) is 0 Å². The summed E-state index contributed by atoms with van der Waals surface area (Å²) in [4.78, 5) is 4.25. The minimum Gasteiger partial charge on any atom is -0.355 e. The molecule has 0 radical (unpaired) electrons. The van der Waals surface area contributed by atoms with E-state index in [2.05, 4.69) is 34.6 Å². The largest absolute Gasteiger partial charge is 0.355 e. The fraction of sp³-hybridized carbons (Fsp3) is 0.765. The third-order valence-corrected chi connectivity index (χ3v) is 5.98. The highest BCUT2D eigenvalue weighted by Crippen LogP contribution is 2.14. The predicted octanol–water partition coefficient (Wildman–Crippen LogP) is 2.30. The van der Waals surface area contributed by atoms with Crippen LogP contribution in [0.25, 0.3) is 0 Å². The summed E-state index contributed by atoms with van der Waals surface area (Å²) in [5.41, 5.74) is 3.55. The van der Waals surface area contributed by atoms with Gasteiger partial charge in [-0.05, 0) is 53.5 Å². The molecular formula is C17H34IN5OS. The number of rotatable bonds is 6. The monoisotopic (exact) mass is 483 g/mol. The molecule has 1 rings (SSSR count). The smallest absolute Gasteiger partial charge is 0.191 e. The van der Waals surface area contributed by atoms with Crippen LogP contribution in [0.4, 0.5) is 0 Å². The van der Waals surface area contributed by atoms with Gasteiger partial charge < -0.3 is 10.6 Å². The molecule has 0 aliphatic carbocycles. The lowest BCUT2D eigenvalue weighted by molar-refractivity contribution is 0.634. The van der Waals surface area contributed by atoms with Crippen molar-refractivity contribution in [2.24, 2.45) is 12.0 Å². The standard InChI is InChI=1S/C17H33N5OS.HI/c1-12(11-15-13(2)21-22(8)14(15)3)20-16(18-7)19-9-10-24(23)17(4,5)6;/h12H,9-11H2,1-8H3,(H2,18,19,20);1H. The quantitative estimate of drug-likeness (QED) is 0.370. The second kappa shape index (κ2) is 10.5. The van der Waals surface area contributed by atoms with Crippen molar-refractivity contribution in [1.82, 2.24) is 20.4 Å². The van der Waals surface area contributed by atoms with Gasteiger partial charge in [0.1, 0.15) is 0 Å². The Morgan fingerprint density at radius 3 is 2.40 bits per heavy atom. The summed E-state index contributed by atoms with van der Waals surface area (Å²) in [6.07, 6.45) is 0.889. The molecule has 2 atom stereocenters. The van der Waals surface area contributed by atoms with E-state index < -0.39 is 10.8 Å². The molecule has 0 saturated carbocycles. The summed E-state index contributed by atoms with van der Waals surface area (Å²) >= 11 is 0. The van der Waals surface area contributed by atoms with E-state index >= 15 is 0 Å². The van der Waals surface area contributed by atoms with Crippen LogP contribution in [0.5, 0.6) is 0 Å². The Morgan fingerprint density at radius 2 is 1.96 bits per heavy atom. The van der Waals surface area contributed by atoms with Crippen LogP contribution in [0.1, 0.15) is 44.6 Å².